The molecule has 1 aromatic carbocycles. The maximum Gasteiger partial charge on any atom is 0.220 e. The van der Waals surface area contributed by atoms with E-state index in [0.29, 0.717) is 30.0 Å². The van der Waals surface area contributed by atoms with Crippen molar-refractivity contribution < 1.29 is 9.18 Å². The highest BCUT2D eigenvalue weighted by Gasteiger charge is 2.34. The third-order valence-corrected chi connectivity index (χ3v) is 5.02. The van der Waals surface area contributed by atoms with Gasteiger partial charge in [0.05, 0.1) is 0 Å². The van der Waals surface area contributed by atoms with Crippen molar-refractivity contribution in [3.05, 3.63) is 34.1 Å². The summed E-state index contributed by atoms with van der Waals surface area (Å²) in [6, 6.07) is 5.98. The summed E-state index contributed by atoms with van der Waals surface area (Å²) in [6.45, 7) is 0.252. The molecule has 2 heterocycles. The van der Waals surface area contributed by atoms with Crippen LogP contribution in [-0.4, -0.2) is 18.0 Å². The number of fused-ring (bicyclic) bond motifs is 2. The first-order valence-corrected chi connectivity index (χ1v) is 8.36. The number of rotatable bonds is 4. The van der Waals surface area contributed by atoms with Crippen molar-refractivity contribution in [2.45, 2.75) is 50.7 Å². The summed E-state index contributed by atoms with van der Waals surface area (Å²) in [4.78, 5) is 12.0. The fourth-order valence-corrected chi connectivity index (χ4v) is 3.96. The summed E-state index contributed by atoms with van der Waals surface area (Å²) in [6.07, 6.45) is 5.23. The Balaban J connectivity index is 1.49. The second kappa shape index (κ2) is 6.44. The number of carbonyl (C=O) groups excluding carboxylic acids is 1. The fraction of sp³-hybridized carbons (Fsp3) is 0.562. The van der Waals surface area contributed by atoms with Gasteiger partial charge in [0.2, 0.25) is 5.91 Å². The molecule has 21 heavy (non-hydrogen) atoms. The zero-order valence-corrected chi connectivity index (χ0v) is 13.5. The zero-order chi connectivity index (χ0) is 14.8. The first-order valence-electron chi connectivity index (χ1n) is 7.57. The first-order chi connectivity index (χ1) is 10.1. The lowest BCUT2D eigenvalue weighted by Gasteiger charge is -2.28. The number of benzene rings is 1. The first kappa shape index (κ1) is 15.0. The molecule has 2 saturated heterocycles. The number of hydrogen-bond donors (Lipinski definition) is 2. The van der Waals surface area contributed by atoms with Crippen LogP contribution in [0.2, 0.25) is 0 Å². The average Bonchev–Trinajstić information content (AvgIpc) is 2.79. The number of piperidine rings is 1. The number of halogens is 2. The van der Waals surface area contributed by atoms with E-state index in [4.69, 9.17) is 0 Å². The van der Waals surface area contributed by atoms with Crippen molar-refractivity contribution in [1.82, 2.24) is 10.6 Å². The van der Waals surface area contributed by atoms with Crippen LogP contribution >= 0.6 is 15.9 Å². The van der Waals surface area contributed by atoms with Crippen LogP contribution in [-0.2, 0) is 11.3 Å². The Labute approximate surface area is 132 Å². The van der Waals surface area contributed by atoms with E-state index in [0.717, 1.165) is 17.3 Å². The Morgan fingerprint density at radius 3 is 2.76 bits per heavy atom. The summed E-state index contributed by atoms with van der Waals surface area (Å²) in [7, 11) is 0. The van der Waals surface area contributed by atoms with Gasteiger partial charge in [0.15, 0.2) is 0 Å². The Kier molecular flexibility index (Phi) is 4.60. The van der Waals surface area contributed by atoms with E-state index in [1.807, 2.05) is 0 Å². The Morgan fingerprint density at radius 2 is 2.05 bits per heavy atom. The van der Waals surface area contributed by atoms with Crippen LogP contribution in [0.25, 0.3) is 0 Å². The van der Waals surface area contributed by atoms with Gasteiger partial charge in [0.1, 0.15) is 5.82 Å². The number of hydrogen-bond acceptors (Lipinski definition) is 2. The van der Waals surface area contributed by atoms with E-state index < -0.39 is 0 Å². The summed E-state index contributed by atoms with van der Waals surface area (Å²) in [5.41, 5.74) is 0.517. The second-order valence-electron chi connectivity index (χ2n) is 6.19. The summed E-state index contributed by atoms with van der Waals surface area (Å²) < 4.78 is 14.4. The largest absolute Gasteiger partial charge is 0.352 e. The van der Waals surface area contributed by atoms with Gasteiger partial charge in [-0.2, -0.15) is 0 Å². The van der Waals surface area contributed by atoms with Crippen LogP contribution in [0.3, 0.4) is 0 Å². The third kappa shape index (κ3) is 3.83. The van der Waals surface area contributed by atoms with Crippen LogP contribution in [0.1, 0.15) is 37.7 Å². The van der Waals surface area contributed by atoms with Crippen molar-refractivity contribution in [2.24, 2.45) is 5.92 Å². The van der Waals surface area contributed by atoms with Crippen LogP contribution in [0.4, 0.5) is 4.39 Å². The molecule has 3 rings (SSSR count). The molecule has 5 heteroatoms. The Bertz CT molecular complexity index is 525. The molecule has 1 aromatic rings. The van der Waals surface area contributed by atoms with Gasteiger partial charge in [-0.1, -0.05) is 15.9 Å². The van der Waals surface area contributed by atoms with Gasteiger partial charge >= 0.3 is 0 Å². The van der Waals surface area contributed by atoms with Crippen molar-refractivity contribution in [3.63, 3.8) is 0 Å². The van der Waals surface area contributed by atoms with E-state index in [2.05, 4.69) is 26.6 Å². The smallest absolute Gasteiger partial charge is 0.220 e. The quantitative estimate of drug-likeness (QED) is 0.871. The lowest BCUT2D eigenvalue weighted by molar-refractivity contribution is -0.122. The van der Waals surface area contributed by atoms with Crippen LogP contribution < -0.4 is 10.6 Å². The molecule has 114 valence electrons. The molecule has 2 atom stereocenters. The number of nitrogens with one attached hydrogen (secondary N) is 2. The molecule has 1 amide bonds. The molecule has 2 N–H and O–H groups in total. The van der Waals surface area contributed by atoms with Crippen molar-refractivity contribution in [3.8, 4) is 0 Å². The van der Waals surface area contributed by atoms with Gasteiger partial charge in [-0.05, 0) is 49.8 Å². The van der Waals surface area contributed by atoms with E-state index in [1.165, 1.54) is 18.9 Å². The second-order valence-corrected chi connectivity index (χ2v) is 7.11. The molecule has 0 aliphatic carbocycles. The van der Waals surface area contributed by atoms with Gasteiger partial charge < -0.3 is 10.6 Å². The molecule has 2 aliphatic rings. The van der Waals surface area contributed by atoms with Gasteiger partial charge in [0, 0.05) is 35.1 Å². The third-order valence-electron chi connectivity index (χ3n) is 4.53. The molecule has 0 spiro atoms. The van der Waals surface area contributed by atoms with Gasteiger partial charge in [-0.25, -0.2) is 4.39 Å². The minimum Gasteiger partial charge on any atom is -0.352 e. The van der Waals surface area contributed by atoms with Crippen LogP contribution in [0.5, 0.6) is 0 Å². The minimum atomic E-state index is -0.279. The predicted octanol–water partition coefficient (Wildman–Crippen LogP) is 3.13. The molecule has 2 fully saturated rings. The van der Waals surface area contributed by atoms with Gasteiger partial charge in [-0.15, -0.1) is 0 Å². The molecule has 0 radical (unpaired) electrons. The number of carbonyl (C=O) groups is 1. The average molecular weight is 355 g/mol. The molecular formula is C16H20BrFN2O. The highest BCUT2D eigenvalue weighted by atomic mass is 79.9. The summed E-state index contributed by atoms with van der Waals surface area (Å²) >= 11 is 3.32. The van der Waals surface area contributed by atoms with E-state index in [-0.39, 0.29) is 18.3 Å². The highest BCUT2D eigenvalue weighted by Crippen LogP contribution is 2.32. The Hall–Kier alpha value is -0.940. The standard InChI is InChI=1S/C16H20BrFN2O/c17-12-1-4-15(18)11(8-12)9-19-16(21)7-10-5-13-2-3-14(6-10)20-13/h1,4,8,10,13-14,20H,2-3,5-7,9H2,(H,19,21). The van der Waals surface area contributed by atoms with Crippen LogP contribution in [0.15, 0.2) is 22.7 Å². The molecule has 2 unspecified atom stereocenters. The highest BCUT2D eigenvalue weighted by molar-refractivity contribution is 9.10. The fourth-order valence-electron chi connectivity index (χ4n) is 3.55. The minimum absolute atomic E-state index is 0.0284. The SMILES string of the molecule is O=C(CC1CC2CCC(C1)N2)NCc1cc(Br)ccc1F. The molecule has 0 saturated carbocycles. The summed E-state index contributed by atoms with van der Waals surface area (Å²) in [5.74, 6) is 0.218. The molecule has 2 aliphatic heterocycles. The maximum absolute atomic E-state index is 13.6. The van der Waals surface area contributed by atoms with Gasteiger partial charge in [0.25, 0.3) is 0 Å². The predicted molar refractivity (Wildman–Crippen MR) is 83.2 cm³/mol. The lowest BCUT2D eigenvalue weighted by Crippen LogP contribution is -2.39. The van der Waals surface area contributed by atoms with E-state index >= 15 is 0 Å². The van der Waals surface area contributed by atoms with Gasteiger partial charge in [-0.3, -0.25) is 4.79 Å². The van der Waals surface area contributed by atoms with Crippen LogP contribution in [0, 0.1) is 11.7 Å². The summed E-state index contributed by atoms with van der Waals surface area (Å²) in [5, 5.41) is 6.42. The van der Waals surface area contributed by atoms with Crippen molar-refractivity contribution >= 4 is 21.8 Å². The maximum atomic E-state index is 13.6. The van der Waals surface area contributed by atoms with Crippen molar-refractivity contribution in [1.29, 1.82) is 0 Å². The topological polar surface area (TPSA) is 41.1 Å². The normalized spacial score (nSPS) is 27.6. The monoisotopic (exact) mass is 354 g/mol. The van der Waals surface area contributed by atoms with Crippen molar-refractivity contribution in [2.75, 3.05) is 0 Å². The molecule has 2 bridgehead atoms. The lowest BCUT2D eigenvalue weighted by atomic mass is 9.89. The molecular weight excluding hydrogens is 335 g/mol. The van der Waals surface area contributed by atoms with E-state index in [1.54, 1.807) is 12.1 Å². The Morgan fingerprint density at radius 1 is 1.33 bits per heavy atom. The molecule has 0 aromatic heterocycles. The number of amides is 1. The molecule has 3 nitrogen and oxygen atoms in total. The zero-order valence-electron chi connectivity index (χ0n) is 11.9. The van der Waals surface area contributed by atoms with E-state index in [9.17, 15) is 9.18 Å².